The van der Waals surface area contributed by atoms with Gasteiger partial charge >= 0.3 is 0 Å². The number of nitrogens with zero attached hydrogens (tertiary/aromatic N) is 4. The van der Waals surface area contributed by atoms with Crippen molar-refractivity contribution >= 4 is 38.4 Å². The fourth-order valence-corrected chi connectivity index (χ4v) is 4.26. The Hall–Kier alpha value is -3.50. The standard InChI is InChI=1S/C21H23N7O2S/c1-13-7-8-16(11-18(13)31(22,29)30)25-21-23-10-9-19(26-21)24-12-15-5-4-6-17-20(15)14(2)28(3)27-17/h4-11H,12H2,1-3H3,(H2,22,29,30)(H2,23,24,25,26). The van der Waals surface area contributed by atoms with Gasteiger partial charge in [-0.05, 0) is 49.2 Å². The first-order chi connectivity index (χ1) is 14.7. The molecular formula is C21H23N7O2S. The van der Waals surface area contributed by atoms with Crippen molar-refractivity contribution in [3.8, 4) is 0 Å². The number of hydrogen-bond donors (Lipinski definition) is 3. The van der Waals surface area contributed by atoms with E-state index in [4.69, 9.17) is 5.14 Å². The molecule has 0 radical (unpaired) electrons. The van der Waals surface area contributed by atoms with E-state index in [2.05, 4.69) is 31.8 Å². The van der Waals surface area contributed by atoms with Crippen LogP contribution in [0.1, 0.15) is 16.8 Å². The highest BCUT2D eigenvalue weighted by Gasteiger charge is 2.13. The number of nitrogens with one attached hydrogen (secondary N) is 2. The number of benzene rings is 2. The van der Waals surface area contributed by atoms with Crippen molar-refractivity contribution < 1.29 is 8.42 Å². The van der Waals surface area contributed by atoms with E-state index in [0.717, 1.165) is 22.2 Å². The van der Waals surface area contributed by atoms with Crippen LogP contribution < -0.4 is 15.8 Å². The van der Waals surface area contributed by atoms with Gasteiger partial charge in [0.25, 0.3) is 0 Å². The van der Waals surface area contributed by atoms with Gasteiger partial charge < -0.3 is 10.6 Å². The van der Waals surface area contributed by atoms with Crippen LogP contribution in [-0.2, 0) is 23.6 Å². The average molecular weight is 438 g/mol. The normalized spacial score (nSPS) is 11.6. The van der Waals surface area contributed by atoms with Gasteiger partial charge in [-0.15, -0.1) is 0 Å². The number of fused-ring (bicyclic) bond motifs is 1. The molecule has 160 valence electrons. The Kier molecular flexibility index (Phi) is 5.34. The third kappa shape index (κ3) is 4.35. The van der Waals surface area contributed by atoms with Gasteiger partial charge in [0.2, 0.25) is 16.0 Å². The summed E-state index contributed by atoms with van der Waals surface area (Å²) in [6, 6.07) is 12.7. The van der Waals surface area contributed by atoms with Crippen LogP contribution in [0.25, 0.3) is 10.9 Å². The van der Waals surface area contributed by atoms with Gasteiger partial charge in [0.1, 0.15) is 5.82 Å². The number of sulfonamides is 1. The van der Waals surface area contributed by atoms with Crippen molar-refractivity contribution in [3.05, 3.63) is 65.5 Å². The van der Waals surface area contributed by atoms with Crippen molar-refractivity contribution in [3.63, 3.8) is 0 Å². The third-order valence-electron chi connectivity index (χ3n) is 5.10. The van der Waals surface area contributed by atoms with Crippen molar-refractivity contribution in [2.75, 3.05) is 10.6 Å². The Morgan fingerprint density at radius 1 is 1.13 bits per heavy atom. The summed E-state index contributed by atoms with van der Waals surface area (Å²) in [5.74, 6) is 0.972. The molecule has 0 aliphatic rings. The zero-order chi connectivity index (χ0) is 22.2. The van der Waals surface area contributed by atoms with E-state index < -0.39 is 10.0 Å². The fourth-order valence-electron chi connectivity index (χ4n) is 3.45. The van der Waals surface area contributed by atoms with E-state index in [-0.39, 0.29) is 4.90 Å². The topological polar surface area (TPSA) is 128 Å². The highest BCUT2D eigenvalue weighted by molar-refractivity contribution is 7.89. The molecule has 0 bridgehead atoms. The molecule has 0 aliphatic heterocycles. The fraction of sp³-hybridized carbons (Fsp3) is 0.190. The maximum atomic E-state index is 11.8. The first-order valence-electron chi connectivity index (χ1n) is 9.61. The lowest BCUT2D eigenvalue weighted by Crippen LogP contribution is -2.14. The Labute approximate surface area is 180 Å². The van der Waals surface area contributed by atoms with E-state index in [1.165, 1.54) is 6.07 Å². The second kappa shape index (κ2) is 7.97. The quantitative estimate of drug-likeness (QED) is 0.423. The summed E-state index contributed by atoms with van der Waals surface area (Å²) in [7, 11) is -1.88. The Morgan fingerprint density at radius 3 is 2.71 bits per heavy atom. The maximum absolute atomic E-state index is 11.8. The predicted octanol–water partition coefficient (Wildman–Crippen LogP) is 2.98. The minimum atomic E-state index is -3.82. The number of aryl methyl sites for hydroxylation is 3. The Balaban J connectivity index is 1.54. The van der Waals surface area contributed by atoms with Crippen LogP contribution in [0.5, 0.6) is 0 Å². The molecule has 0 saturated heterocycles. The Bertz CT molecular complexity index is 1380. The van der Waals surface area contributed by atoms with E-state index in [0.29, 0.717) is 29.6 Å². The number of primary sulfonamides is 1. The van der Waals surface area contributed by atoms with Gasteiger partial charge in [0.15, 0.2) is 0 Å². The van der Waals surface area contributed by atoms with E-state index in [9.17, 15) is 8.42 Å². The lowest BCUT2D eigenvalue weighted by molar-refractivity contribution is 0.597. The summed E-state index contributed by atoms with van der Waals surface area (Å²) in [6.07, 6.45) is 1.63. The lowest BCUT2D eigenvalue weighted by atomic mass is 10.1. The van der Waals surface area contributed by atoms with Gasteiger partial charge in [-0.1, -0.05) is 18.2 Å². The lowest BCUT2D eigenvalue weighted by Gasteiger charge is -2.11. The monoisotopic (exact) mass is 437 g/mol. The van der Waals surface area contributed by atoms with Crippen LogP contribution in [0.15, 0.2) is 53.6 Å². The molecule has 9 nitrogen and oxygen atoms in total. The second-order valence-electron chi connectivity index (χ2n) is 7.29. The first kappa shape index (κ1) is 20.8. The summed E-state index contributed by atoms with van der Waals surface area (Å²) in [4.78, 5) is 8.75. The summed E-state index contributed by atoms with van der Waals surface area (Å²) in [5.41, 5.74) is 4.27. The summed E-state index contributed by atoms with van der Waals surface area (Å²) in [6.45, 7) is 4.30. The molecule has 2 aromatic carbocycles. The molecule has 0 aliphatic carbocycles. The summed E-state index contributed by atoms with van der Waals surface area (Å²) in [5, 5.41) is 17.3. The molecule has 4 N–H and O–H groups in total. The molecule has 0 saturated carbocycles. The number of anilines is 3. The number of nitrogens with two attached hydrogens (primary N) is 1. The van der Waals surface area contributed by atoms with Gasteiger partial charge in [-0.25, -0.2) is 18.5 Å². The van der Waals surface area contributed by atoms with Crippen LogP contribution in [0, 0.1) is 13.8 Å². The predicted molar refractivity (Wildman–Crippen MR) is 121 cm³/mol. The van der Waals surface area contributed by atoms with E-state index >= 15 is 0 Å². The second-order valence-corrected chi connectivity index (χ2v) is 8.82. The number of rotatable bonds is 6. The largest absolute Gasteiger partial charge is 0.366 e. The highest BCUT2D eigenvalue weighted by atomic mass is 32.2. The van der Waals surface area contributed by atoms with Gasteiger partial charge in [-0.2, -0.15) is 10.1 Å². The number of hydrogen-bond acceptors (Lipinski definition) is 7. The minimum absolute atomic E-state index is 0.0618. The molecular weight excluding hydrogens is 414 g/mol. The SMILES string of the molecule is Cc1ccc(Nc2nccc(NCc3cccc4nn(C)c(C)c34)n2)cc1S(N)(=O)=O. The molecule has 31 heavy (non-hydrogen) atoms. The summed E-state index contributed by atoms with van der Waals surface area (Å²) < 4.78 is 25.4. The first-order valence-corrected chi connectivity index (χ1v) is 11.2. The minimum Gasteiger partial charge on any atom is -0.366 e. The number of aromatic nitrogens is 4. The molecule has 4 aromatic rings. The highest BCUT2D eigenvalue weighted by Crippen LogP contribution is 2.24. The molecule has 0 atom stereocenters. The Morgan fingerprint density at radius 2 is 1.94 bits per heavy atom. The van der Waals surface area contributed by atoms with Gasteiger partial charge in [-0.3, -0.25) is 4.68 Å². The van der Waals surface area contributed by atoms with Gasteiger partial charge in [0.05, 0.1) is 10.4 Å². The smallest absolute Gasteiger partial charge is 0.238 e. The van der Waals surface area contributed by atoms with Crippen LogP contribution >= 0.6 is 0 Å². The molecule has 0 spiro atoms. The van der Waals surface area contributed by atoms with Crippen LogP contribution in [-0.4, -0.2) is 28.2 Å². The zero-order valence-electron chi connectivity index (χ0n) is 17.4. The molecule has 0 fully saturated rings. The average Bonchev–Trinajstić information content (AvgIpc) is 3.02. The van der Waals surface area contributed by atoms with Crippen molar-refractivity contribution in [1.82, 2.24) is 19.7 Å². The van der Waals surface area contributed by atoms with Crippen LogP contribution in [0.2, 0.25) is 0 Å². The van der Waals surface area contributed by atoms with Crippen molar-refractivity contribution in [2.45, 2.75) is 25.3 Å². The maximum Gasteiger partial charge on any atom is 0.238 e. The molecule has 10 heteroatoms. The zero-order valence-corrected chi connectivity index (χ0v) is 18.2. The molecule has 2 heterocycles. The van der Waals surface area contributed by atoms with Crippen LogP contribution in [0.4, 0.5) is 17.5 Å². The molecule has 0 amide bonds. The summed E-state index contributed by atoms with van der Waals surface area (Å²) >= 11 is 0. The molecule has 4 rings (SSSR count). The van der Waals surface area contributed by atoms with E-state index in [1.54, 1.807) is 31.3 Å². The van der Waals surface area contributed by atoms with Crippen molar-refractivity contribution in [1.29, 1.82) is 0 Å². The van der Waals surface area contributed by atoms with Crippen molar-refractivity contribution in [2.24, 2.45) is 12.2 Å². The van der Waals surface area contributed by atoms with E-state index in [1.807, 2.05) is 30.8 Å². The van der Waals surface area contributed by atoms with Gasteiger partial charge in [0, 0.05) is 36.6 Å². The molecule has 0 unspecified atom stereocenters. The molecule has 2 aromatic heterocycles. The van der Waals surface area contributed by atoms with Crippen LogP contribution in [0.3, 0.4) is 0 Å². The third-order valence-corrected chi connectivity index (χ3v) is 6.15.